The van der Waals surface area contributed by atoms with Crippen molar-refractivity contribution < 1.29 is 23.7 Å². The third kappa shape index (κ3) is 4.80. The summed E-state index contributed by atoms with van der Waals surface area (Å²) in [6, 6.07) is -0.203. The second kappa shape index (κ2) is 9.14. The largest absolute Gasteiger partial charge is 0.463 e. The van der Waals surface area contributed by atoms with Crippen molar-refractivity contribution in [3.8, 4) is 0 Å². The van der Waals surface area contributed by atoms with E-state index in [1.807, 2.05) is 13.8 Å². The van der Waals surface area contributed by atoms with Gasteiger partial charge in [0, 0.05) is 19.1 Å². The Kier molecular flexibility index (Phi) is 6.68. The fourth-order valence-electron chi connectivity index (χ4n) is 3.96. The van der Waals surface area contributed by atoms with Gasteiger partial charge in [-0.1, -0.05) is 35.5 Å². The zero-order chi connectivity index (χ0) is 22.2. The minimum Gasteiger partial charge on any atom is -0.463 e. The van der Waals surface area contributed by atoms with E-state index in [9.17, 15) is 4.79 Å². The molecule has 1 aliphatic carbocycles. The SMILES string of the molecule is CCCSc1nc(Cl)c2nnn(C3CC(OCCOC(C)=O)C4OC(C)(C)OC43)c2n1. The summed E-state index contributed by atoms with van der Waals surface area (Å²) in [5.41, 5.74) is 1.02. The number of aromatic nitrogens is 5. The fourth-order valence-corrected chi connectivity index (χ4v) is 4.90. The Morgan fingerprint density at radius 1 is 1.29 bits per heavy atom. The molecule has 2 aromatic rings. The first kappa shape index (κ1) is 22.7. The molecule has 3 heterocycles. The number of carbonyl (C=O) groups is 1. The Bertz CT molecular complexity index is 957. The molecule has 4 rings (SSSR count). The minimum atomic E-state index is -0.753. The van der Waals surface area contributed by atoms with Gasteiger partial charge in [0.15, 0.2) is 27.3 Å². The number of hydrogen-bond donors (Lipinski definition) is 0. The lowest BCUT2D eigenvalue weighted by Gasteiger charge is -2.23. The first-order valence-corrected chi connectivity index (χ1v) is 11.7. The number of halogens is 1. The van der Waals surface area contributed by atoms with Crippen molar-refractivity contribution in [1.29, 1.82) is 0 Å². The summed E-state index contributed by atoms with van der Waals surface area (Å²) in [6.45, 7) is 7.66. The van der Waals surface area contributed by atoms with Crippen LogP contribution in [-0.2, 0) is 23.7 Å². The number of nitrogens with zero attached hydrogens (tertiary/aromatic N) is 5. The molecule has 4 atom stereocenters. The van der Waals surface area contributed by atoms with Crippen LogP contribution in [0, 0.1) is 0 Å². The molecule has 12 heteroatoms. The highest BCUT2D eigenvalue weighted by molar-refractivity contribution is 7.99. The summed E-state index contributed by atoms with van der Waals surface area (Å²) < 4.78 is 25.0. The molecule has 1 saturated heterocycles. The average Bonchev–Trinajstić information content (AvgIpc) is 3.35. The van der Waals surface area contributed by atoms with E-state index >= 15 is 0 Å². The molecule has 0 radical (unpaired) electrons. The molecular formula is C19H26ClN5O5S. The van der Waals surface area contributed by atoms with Crippen LogP contribution < -0.4 is 0 Å². The first-order valence-electron chi connectivity index (χ1n) is 10.3. The number of fused-ring (bicyclic) bond motifs is 2. The summed E-state index contributed by atoms with van der Waals surface area (Å²) in [4.78, 5) is 20.0. The molecule has 1 aliphatic heterocycles. The second-order valence-electron chi connectivity index (χ2n) is 7.97. The molecule has 2 fully saturated rings. The topological polar surface area (TPSA) is 110 Å². The quantitative estimate of drug-likeness (QED) is 0.187. The van der Waals surface area contributed by atoms with E-state index in [0.717, 1.165) is 12.2 Å². The molecule has 0 aromatic carbocycles. The van der Waals surface area contributed by atoms with Crippen LogP contribution >= 0.6 is 23.4 Å². The van der Waals surface area contributed by atoms with Gasteiger partial charge in [-0.15, -0.1) is 5.10 Å². The summed E-state index contributed by atoms with van der Waals surface area (Å²) in [5.74, 6) is -0.202. The van der Waals surface area contributed by atoms with Crippen LogP contribution in [0.1, 0.15) is 46.6 Å². The van der Waals surface area contributed by atoms with E-state index in [1.54, 1.807) is 16.4 Å². The second-order valence-corrected chi connectivity index (χ2v) is 9.39. The Balaban J connectivity index is 1.60. The molecule has 0 amide bonds. The van der Waals surface area contributed by atoms with Crippen LogP contribution in [0.4, 0.5) is 0 Å². The Morgan fingerprint density at radius 2 is 2.06 bits per heavy atom. The Labute approximate surface area is 189 Å². The highest BCUT2D eigenvalue weighted by Crippen LogP contribution is 2.45. The van der Waals surface area contributed by atoms with Crippen molar-refractivity contribution in [1.82, 2.24) is 25.0 Å². The Morgan fingerprint density at radius 3 is 2.81 bits per heavy atom. The third-order valence-electron chi connectivity index (χ3n) is 5.11. The zero-order valence-corrected chi connectivity index (χ0v) is 19.5. The highest BCUT2D eigenvalue weighted by Gasteiger charge is 2.56. The molecule has 0 N–H and O–H groups in total. The number of esters is 1. The first-order chi connectivity index (χ1) is 14.8. The smallest absolute Gasteiger partial charge is 0.302 e. The summed E-state index contributed by atoms with van der Waals surface area (Å²) in [6.07, 6.45) is 0.753. The van der Waals surface area contributed by atoms with Crippen LogP contribution in [0.25, 0.3) is 11.2 Å². The molecule has 170 valence electrons. The van der Waals surface area contributed by atoms with Gasteiger partial charge in [-0.3, -0.25) is 4.79 Å². The molecular weight excluding hydrogens is 446 g/mol. The van der Waals surface area contributed by atoms with Crippen molar-refractivity contribution in [3.05, 3.63) is 5.15 Å². The van der Waals surface area contributed by atoms with Gasteiger partial charge in [0.05, 0.1) is 18.8 Å². The van der Waals surface area contributed by atoms with Gasteiger partial charge in [0.25, 0.3) is 0 Å². The van der Waals surface area contributed by atoms with E-state index in [2.05, 4.69) is 27.2 Å². The lowest BCUT2D eigenvalue weighted by molar-refractivity contribution is -0.171. The summed E-state index contributed by atoms with van der Waals surface area (Å²) in [7, 11) is 0. The van der Waals surface area contributed by atoms with Gasteiger partial charge in [-0.05, 0) is 20.3 Å². The van der Waals surface area contributed by atoms with Crippen molar-refractivity contribution >= 4 is 40.5 Å². The van der Waals surface area contributed by atoms with Gasteiger partial charge in [0.1, 0.15) is 18.8 Å². The maximum absolute atomic E-state index is 11.0. The van der Waals surface area contributed by atoms with E-state index in [-0.39, 0.29) is 48.7 Å². The number of thioether (sulfide) groups is 1. The average molecular weight is 472 g/mol. The minimum absolute atomic E-state index is 0.186. The van der Waals surface area contributed by atoms with Crippen LogP contribution in [-0.4, -0.2) is 74.0 Å². The maximum atomic E-state index is 11.0. The van der Waals surface area contributed by atoms with Crippen molar-refractivity contribution in [2.45, 2.75) is 75.8 Å². The van der Waals surface area contributed by atoms with E-state index in [0.29, 0.717) is 22.7 Å². The fraction of sp³-hybridized carbons (Fsp3) is 0.737. The van der Waals surface area contributed by atoms with Crippen LogP contribution in [0.3, 0.4) is 0 Å². The van der Waals surface area contributed by atoms with Crippen molar-refractivity contribution in [3.63, 3.8) is 0 Å². The number of ether oxygens (including phenoxy) is 4. The predicted molar refractivity (Wildman–Crippen MR) is 113 cm³/mol. The summed E-state index contributed by atoms with van der Waals surface area (Å²) >= 11 is 7.90. The monoisotopic (exact) mass is 471 g/mol. The predicted octanol–water partition coefficient (Wildman–Crippen LogP) is 2.79. The summed E-state index contributed by atoms with van der Waals surface area (Å²) in [5, 5.41) is 9.41. The normalized spacial score (nSPS) is 27.0. The standard InChI is InChI=1S/C19H26ClN5O5S/c1-5-8-31-18-21-16(20)13-17(22-18)25(24-23-13)11-9-12(28-7-6-27-10(2)26)15-14(11)29-19(3,4)30-15/h11-12,14-15H,5-9H2,1-4H3. The maximum Gasteiger partial charge on any atom is 0.302 e. The third-order valence-corrected chi connectivity index (χ3v) is 6.43. The molecule has 4 unspecified atom stereocenters. The zero-order valence-electron chi connectivity index (χ0n) is 17.9. The van der Waals surface area contributed by atoms with E-state index in [1.165, 1.54) is 6.92 Å². The van der Waals surface area contributed by atoms with E-state index in [4.69, 9.17) is 30.5 Å². The van der Waals surface area contributed by atoms with Crippen LogP contribution in [0.15, 0.2) is 5.16 Å². The molecule has 2 aliphatic rings. The van der Waals surface area contributed by atoms with Crippen molar-refractivity contribution in [2.75, 3.05) is 19.0 Å². The highest BCUT2D eigenvalue weighted by atomic mass is 35.5. The lowest BCUT2D eigenvalue weighted by Crippen LogP contribution is -2.31. The molecule has 2 aromatic heterocycles. The molecule has 10 nitrogen and oxygen atoms in total. The lowest BCUT2D eigenvalue weighted by atomic mass is 10.2. The van der Waals surface area contributed by atoms with Crippen LogP contribution in [0.2, 0.25) is 5.15 Å². The van der Waals surface area contributed by atoms with Gasteiger partial charge in [0.2, 0.25) is 0 Å². The Hall–Kier alpha value is -1.53. The van der Waals surface area contributed by atoms with E-state index < -0.39 is 5.79 Å². The number of rotatable bonds is 8. The molecule has 0 spiro atoms. The molecule has 31 heavy (non-hydrogen) atoms. The number of carbonyl (C=O) groups excluding carboxylic acids is 1. The van der Waals surface area contributed by atoms with Gasteiger partial charge >= 0.3 is 5.97 Å². The molecule has 0 bridgehead atoms. The van der Waals surface area contributed by atoms with Gasteiger partial charge in [-0.2, -0.15) is 0 Å². The van der Waals surface area contributed by atoms with Crippen LogP contribution in [0.5, 0.6) is 0 Å². The van der Waals surface area contributed by atoms with Gasteiger partial charge < -0.3 is 18.9 Å². The van der Waals surface area contributed by atoms with Crippen molar-refractivity contribution in [2.24, 2.45) is 0 Å². The van der Waals surface area contributed by atoms with Gasteiger partial charge in [-0.25, -0.2) is 14.6 Å². The molecule has 1 saturated carbocycles. The number of hydrogen-bond acceptors (Lipinski definition) is 10.